The maximum absolute atomic E-state index is 14.1. The highest BCUT2D eigenvalue weighted by atomic mass is 16.7. The van der Waals surface area contributed by atoms with Crippen LogP contribution < -0.4 is 0 Å². The van der Waals surface area contributed by atoms with Gasteiger partial charge in [0.2, 0.25) is 0 Å². The van der Waals surface area contributed by atoms with Crippen LogP contribution in [0.2, 0.25) is 0 Å². The maximum atomic E-state index is 14.1. The zero-order valence-electron chi connectivity index (χ0n) is 36.4. The van der Waals surface area contributed by atoms with E-state index < -0.39 is 102 Å². The van der Waals surface area contributed by atoms with Gasteiger partial charge >= 0.3 is 5.97 Å². The summed E-state index contributed by atoms with van der Waals surface area (Å²) in [5.74, 6) is -4.53. The van der Waals surface area contributed by atoms with Gasteiger partial charge in [0.05, 0.1) is 47.6 Å². The van der Waals surface area contributed by atoms with E-state index in [1.54, 1.807) is 34.6 Å². The van der Waals surface area contributed by atoms with Crippen LogP contribution in [-0.2, 0) is 42.7 Å². The van der Waals surface area contributed by atoms with E-state index in [9.17, 15) is 30.0 Å². The number of aliphatic hydroxyl groups excluding tert-OH is 3. The first kappa shape index (κ1) is 48.1. The molecule has 3 saturated heterocycles. The molecular formula is C41H75NO13. The summed E-state index contributed by atoms with van der Waals surface area (Å²) in [5.41, 5.74) is -4.32. The number of nitrogens with zero attached hydrogens (tertiary/aromatic N) is 1. The Labute approximate surface area is 329 Å². The molecule has 3 aliphatic rings. The van der Waals surface area contributed by atoms with E-state index in [0.717, 1.165) is 0 Å². The van der Waals surface area contributed by atoms with E-state index in [0.29, 0.717) is 13.0 Å². The second-order valence-electron chi connectivity index (χ2n) is 18.9. The molecule has 14 nitrogen and oxygen atoms in total. The molecule has 0 saturated carbocycles. The van der Waals surface area contributed by atoms with Crippen molar-refractivity contribution in [2.75, 3.05) is 27.8 Å². The first-order chi connectivity index (χ1) is 25.1. The van der Waals surface area contributed by atoms with Gasteiger partial charge in [0.15, 0.2) is 12.6 Å². The topological polar surface area (TPSA) is 183 Å². The van der Waals surface area contributed by atoms with E-state index >= 15 is 0 Å². The fraction of sp³-hybridized carbons (Fsp3) is 0.951. The van der Waals surface area contributed by atoms with Crippen LogP contribution in [0.5, 0.6) is 0 Å². The first-order valence-electron chi connectivity index (χ1n) is 20.1. The Hall–Kier alpha value is -1.30. The number of methoxy groups -OCH3 is 2. The number of ether oxygens (including phenoxy) is 7. The van der Waals surface area contributed by atoms with E-state index in [4.69, 9.17) is 33.2 Å². The average molecular weight is 790 g/mol. The van der Waals surface area contributed by atoms with Crippen molar-refractivity contribution in [3.8, 4) is 0 Å². The normalized spacial score (nSPS) is 47.3. The second kappa shape index (κ2) is 18.3. The van der Waals surface area contributed by atoms with E-state index in [2.05, 4.69) is 25.7 Å². The Morgan fingerprint density at radius 1 is 0.836 bits per heavy atom. The van der Waals surface area contributed by atoms with Crippen molar-refractivity contribution in [2.24, 2.45) is 29.1 Å². The van der Waals surface area contributed by atoms with Gasteiger partial charge in [-0.2, -0.15) is 0 Å². The monoisotopic (exact) mass is 790 g/mol. The van der Waals surface area contributed by atoms with Crippen molar-refractivity contribution in [1.82, 2.24) is 4.90 Å². The summed E-state index contributed by atoms with van der Waals surface area (Å²) in [6, 6.07) is -0.302. The van der Waals surface area contributed by atoms with Crippen LogP contribution in [0.25, 0.3) is 0 Å². The lowest BCUT2D eigenvalue weighted by atomic mass is 9.74. The lowest BCUT2D eigenvalue weighted by Gasteiger charge is -2.50. The molecule has 0 unspecified atom stereocenters. The predicted molar refractivity (Wildman–Crippen MR) is 205 cm³/mol. The largest absolute Gasteiger partial charge is 0.459 e. The summed E-state index contributed by atoms with van der Waals surface area (Å²) in [7, 11) is 5.00. The van der Waals surface area contributed by atoms with Gasteiger partial charge < -0.3 is 58.5 Å². The van der Waals surface area contributed by atoms with Gasteiger partial charge in [-0.15, -0.1) is 0 Å². The van der Waals surface area contributed by atoms with Crippen LogP contribution in [0.15, 0.2) is 0 Å². The molecule has 18 atom stereocenters. The summed E-state index contributed by atoms with van der Waals surface area (Å²) < 4.78 is 44.1. The first-order valence-corrected chi connectivity index (χ1v) is 20.1. The molecular weight excluding hydrogens is 714 g/mol. The van der Waals surface area contributed by atoms with Gasteiger partial charge in [0.25, 0.3) is 0 Å². The summed E-state index contributed by atoms with van der Waals surface area (Å²) >= 11 is 0. The number of carbonyl (C=O) groups excluding carboxylic acids is 2. The molecule has 3 fully saturated rings. The van der Waals surface area contributed by atoms with Crippen LogP contribution >= 0.6 is 0 Å². The van der Waals surface area contributed by atoms with Crippen molar-refractivity contribution in [3.63, 3.8) is 0 Å². The van der Waals surface area contributed by atoms with Crippen molar-refractivity contribution >= 4 is 11.8 Å². The molecule has 3 aliphatic heterocycles. The van der Waals surface area contributed by atoms with Crippen LogP contribution in [0, 0.1) is 29.1 Å². The number of cyclic esters (lactones) is 1. The number of carbonyl (C=O) groups is 2. The number of hydrogen-bond donors (Lipinski definition) is 4. The van der Waals surface area contributed by atoms with Gasteiger partial charge in [-0.1, -0.05) is 41.5 Å². The SMILES string of the molecule is CO[C@]1(C)C[C@@H](C)C(=O)[C@H](C)[C@@H](O)[C@](C)(O)[C@@H](C)OC(=O)[C@H](C)[C@@H](O[C@H]2C[C@@](C)(OC)[C@@H](O)[C@H](C)O2)[C@H](C)[C@H]1O[C@@H]1O[C@H](C)C[C@H](N(C)CC(C)(C)C)[C@H]1O. The minimum absolute atomic E-state index is 0.0398. The molecule has 14 heteroatoms. The van der Waals surface area contributed by atoms with E-state index in [1.807, 2.05) is 27.8 Å². The summed E-state index contributed by atoms with van der Waals surface area (Å²) in [6.07, 6.45) is -9.06. The molecule has 322 valence electrons. The third-order valence-electron chi connectivity index (χ3n) is 12.7. The minimum atomic E-state index is -1.98. The Kier molecular flexibility index (Phi) is 16.0. The predicted octanol–water partition coefficient (Wildman–Crippen LogP) is 3.47. The number of esters is 1. The van der Waals surface area contributed by atoms with Crippen molar-refractivity contribution in [1.29, 1.82) is 0 Å². The molecule has 0 amide bonds. The third kappa shape index (κ3) is 10.9. The van der Waals surface area contributed by atoms with E-state index in [1.165, 1.54) is 28.1 Å². The highest BCUT2D eigenvalue weighted by Crippen LogP contribution is 2.42. The Morgan fingerprint density at radius 2 is 1.42 bits per heavy atom. The molecule has 0 radical (unpaired) electrons. The fourth-order valence-corrected chi connectivity index (χ4v) is 8.96. The van der Waals surface area contributed by atoms with Gasteiger partial charge in [0, 0.05) is 51.0 Å². The van der Waals surface area contributed by atoms with E-state index in [-0.39, 0.29) is 36.2 Å². The number of aliphatic hydroxyl groups is 4. The maximum Gasteiger partial charge on any atom is 0.311 e. The molecule has 0 bridgehead atoms. The lowest BCUT2D eigenvalue weighted by molar-refractivity contribution is -0.319. The molecule has 55 heavy (non-hydrogen) atoms. The molecule has 0 aliphatic carbocycles. The smallest absolute Gasteiger partial charge is 0.311 e. The minimum Gasteiger partial charge on any atom is -0.459 e. The number of rotatable bonds is 8. The zero-order chi connectivity index (χ0) is 42.2. The Morgan fingerprint density at radius 3 is 1.96 bits per heavy atom. The van der Waals surface area contributed by atoms with Gasteiger partial charge in [-0.3, -0.25) is 9.59 Å². The number of likely N-dealkylation sites (N-methyl/N-ethyl adjacent to an activating group) is 1. The third-order valence-corrected chi connectivity index (χ3v) is 12.7. The molecule has 3 heterocycles. The van der Waals surface area contributed by atoms with Crippen LogP contribution in [-0.4, -0.2) is 149 Å². The molecule has 0 aromatic rings. The molecule has 0 spiro atoms. The molecule has 0 aromatic carbocycles. The molecule has 4 N–H and O–H groups in total. The summed E-state index contributed by atoms with van der Waals surface area (Å²) in [5, 5.41) is 45.8. The zero-order valence-corrected chi connectivity index (χ0v) is 36.4. The van der Waals surface area contributed by atoms with Crippen LogP contribution in [0.3, 0.4) is 0 Å². The summed E-state index contributed by atoms with van der Waals surface area (Å²) in [6.45, 7) is 23.9. The highest BCUT2D eigenvalue weighted by Gasteiger charge is 2.54. The van der Waals surface area contributed by atoms with Crippen molar-refractivity contribution in [3.05, 3.63) is 0 Å². The van der Waals surface area contributed by atoms with Gasteiger partial charge in [-0.25, -0.2) is 0 Å². The molecule has 3 rings (SSSR count). The Bertz CT molecular complexity index is 1280. The number of Topliss-reactive ketones (excluding diaryl/α,β-unsaturated/α-hetero) is 1. The number of ketones is 1. The second-order valence-corrected chi connectivity index (χ2v) is 18.9. The lowest BCUT2D eigenvalue weighted by Crippen LogP contribution is -2.61. The van der Waals surface area contributed by atoms with Crippen molar-refractivity contribution < 1.29 is 63.2 Å². The molecule has 0 aromatic heterocycles. The van der Waals surface area contributed by atoms with Crippen LogP contribution in [0.4, 0.5) is 0 Å². The summed E-state index contributed by atoms with van der Waals surface area (Å²) in [4.78, 5) is 30.3. The fourth-order valence-electron chi connectivity index (χ4n) is 8.96. The van der Waals surface area contributed by atoms with Gasteiger partial charge in [0.1, 0.15) is 29.7 Å². The quantitative estimate of drug-likeness (QED) is 0.263. The highest BCUT2D eigenvalue weighted by molar-refractivity contribution is 5.83. The standard InChI is InChI=1S/C41H75NO13/c1-21-18-40(12,50-16)35(55-37-31(44)28(17-22(2)51-37)42(14)20-38(8,9)10)24(4)32(54-29-19-39(11,49-15)34(46)26(6)52-29)25(5)36(47)53-27(7)41(13,48)33(45)23(3)30(21)43/h21-29,31-35,37,44-46,48H,17-20H2,1-16H3/t21-,22-,23+,24+,25-,26+,27-,28+,29+,31-,32+,33-,34+,35-,37+,39-,40-,41-/m1/s1. The van der Waals surface area contributed by atoms with Crippen LogP contribution in [0.1, 0.15) is 109 Å². The average Bonchev–Trinajstić information content (AvgIpc) is 3.09. The number of hydrogen-bond acceptors (Lipinski definition) is 14. The van der Waals surface area contributed by atoms with Gasteiger partial charge in [-0.05, 0) is 73.8 Å². The Balaban J connectivity index is 2.20. The van der Waals surface area contributed by atoms with Crippen molar-refractivity contribution in [2.45, 2.75) is 194 Å².